The maximum atomic E-state index is 12.1. The van der Waals surface area contributed by atoms with Crippen LogP contribution in [0.25, 0.3) is 17.1 Å². The molecule has 2 heterocycles. The molecule has 0 saturated heterocycles. The van der Waals surface area contributed by atoms with Crippen LogP contribution in [-0.2, 0) is 4.79 Å². The van der Waals surface area contributed by atoms with Crippen molar-refractivity contribution < 1.29 is 9.90 Å². The quantitative estimate of drug-likeness (QED) is 0.540. The van der Waals surface area contributed by atoms with E-state index < -0.39 is 6.10 Å². The molecule has 7 nitrogen and oxygen atoms in total. The van der Waals surface area contributed by atoms with Crippen molar-refractivity contribution in [3.8, 4) is 0 Å². The van der Waals surface area contributed by atoms with Crippen molar-refractivity contribution in [2.45, 2.75) is 6.10 Å². The molecule has 4 N–H and O–H groups in total. The number of nitrogens with one attached hydrogen (secondary N) is 3. The number of aliphatic hydroxyl groups is 1. The lowest BCUT2D eigenvalue weighted by Gasteiger charge is -2.12. The smallest absolute Gasteiger partial charge is 0.276 e. The zero-order chi connectivity index (χ0) is 17.9. The molecule has 1 aliphatic rings. The zero-order valence-corrected chi connectivity index (χ0v) is 13.8. The minimum absolute atomic E-state index is 0.246. The summed E-state index contributed by atoms with van der Waals surface area (Å²) in [5, 5.41) is 15.8. The van der Waals surface area contributed by atoms with E-state index in [0.717, 1.165) is 22.2 Å². The number of aliphatic imine (C=N–C) groups is 1. The molecule has 0 fully saturated rings. The monoisotopic (exact) mass is 347 g/mol. The highest BCUT2D eigenvalue weighted by Crippen LogP contribution is 2.16. The van der Waals surface area contributed by atoms with E-state index >= 15 is 0 Å². The van der Waals surface area contributed by atoms with Crippen LogP contribution < -0.4 is 10.6 Å². The van der Waals surface area contributed by atoms with Gasteiger partial charge in [-0.3, -0.25) is 10.1 Å². The average molecular weight is 347 g/mol. The molecule has 1 amide bonds. The van der Waals surface area contributed by atoms with Gasteiger partial charge in [-0.15, -0.1) is 0 Å². The number of hydrogen-bond acceptors (Lipinski definition) is 5. The molecule has 0 spiro atoms. The van der Waals surface area contributed by atoms with E-state index in [2.05, 4.69) is 25.6 Å². The number of rotatable bonds is 4. The molecule has 0 unspecified atom stereocenters. The van der Waals surface area contributed by atoms with Crippen molar-refractivity contribution in [3.63, 3.8) is 0 Å². The van der Waals surface area contributed by atoms with Crippen molar-refractivity contribution in [2.75, 3.05) is 6.54 Å². The van der Waals surface area contributed by atoms with Crippen LogP contribution in [0.5, 0.6) is 0 Å². The number of aliphatic hydroxyl groups excluding tert-OH is 1. The zero-order valence-electron chi connectivity index (χ0n) is 13.8. The van der Waals surface area contributed by atoms with Crippen molar-refractivity contribution in [3.05, 3.63) is 71.7 Å². The molecule has 1 aromatic heterocycles. The molecular formula is C19H17N5O2. The van der Waals surface area contributed by atoms with Crippen LogP contribution in [-0.4, -0.2) is 33.5 Å². The first-order chi connectivity index (χ1) is 12.7. The fourth-order valence-electron chi connectivity index (χ4n) is 2.74. The maximum absolute atomic E-state index is 12.1. The Hall–Kier alpha value is -3.45. The summed E-state index contributed by atoms with van der Waals surface area (Å²) in [4.78, 5) is 23.6. The van der Waals surface area contributed by atoms with E-state index in [9.17, 15) is 9.90 Å². The second-order valence-electron chi connectivity index (χ2n) is 5.93. The van der Waals surface area contributed by atoms with Gasteiger partial charge in [0.05, 0.1) is 23.5 Å². The van der Waals surface area contributed by atoms with Crippen molar-refractivity contribution in [1.82, 2.24) is 20.6 Å². The Balaban J connectivity index is 1.46. The third kappa shape index (κ3) is 3.33. The largest absolute Gasteiger partial charge is 0.387 e. The number of benzene rings is 2. The van der Waals surface area contributed by atoms with E-state index in [0.29, 0.717) is 11.7 Å². The van der Waals surface area contributed by atoms with Crippen LogP contribution in [0.15, 0.2) is 65.5 Å². The van der Waals surface area contributed by atoms with Crippen LogP contribution in [0.4, 0.5) is 0 Å². The lowest BCUT2D eigenvalue weighted by molar-refractivity contribution is -0.115. The molecular weight excluding hydrogens is 330 g/mol. The summed E-state index contributed by atoms with van der Waals surface area (Å²) in [6.45, 7) is 0.246. The van der Waals surface area contributed by atoms with Crippen LogP contribution in [0, 0.1) is 0 Å². The van der Waals surface area contributed by atoms with E-state index in [4.69, 9.17) is 0 Å². The Morgan fingerprint density at radius 2 is 2.04 bits per heavy atom. The molecule has 1 aliphatic heterocycles. The van der Waals surface area contributed by atoms with Gasteiger partial charge in [0.15, 0.2) is 0 Å². The van der Waals surface area contributed by atoms with Gasteiger partial charge < -0.3 is 15.4 Å². The number of amides is 1. The SMILES string of the molecule is O=C1NC(NC[C@H](O)c2ccccc2)=N/C1=C\c1ccc2[nH]cnc2c1. The number of carbonyl (C=O) groups is 1. The van der Waals surface area contributed by atoms with Gasteiger partial charge in [0.1, 0.15) is 5.70 Å². The fourth-order valence-corrected chi connectivity index (χ4v) is 2.74. The molecule has 0 aliphatic carbocycles. The normalized spacial score (nSPS) is 16.6. The van der Waals surface area contributed by atoms with Crippen LogP contribution in [0.2, 0.25) is 0 Å². The van der Waals surface area contributed by atoms with Crippen LogP contribution >= 0.6 is 0 Å². The maximum Gasteiger partial charge on any atom is 0.276 e. The molecule has 0 radical (unpaired) electrons. The number of hydrogen-bond donors (Lipinski definition) is 4. The number of carbonyl (C=O) groups excluding carboxylic acids is 1. The summed E-state index contributed by atoms with van der Waals surface area (Å²) in [5.74, 6) is 0.0425. The molecule has 0 saturated carbocycles. The number of guanidine groups is 1. The van der Waals surface area contributed by atoms with Gasteiger partial charge in [0.2, 0.25) is 5.96 Å². The third-order valence-corrected chi connectivity index (χ3v) is 4.09. The Bertz CT molecular complexity index is 1010. The standard InChI is InChI=1S/C19H17N5O2/c25-17(13-4-2-1-3-5-13)10-20-19-23-16(18(26)24-19)9-12-6-7-14-15(8-12)22-11-21-14/h1-9,11,17,25H,10H2,(H,21,22)(H2,20,23,24,26)/b16-9-/t17-/m0/s1. The van der Waals surface area contributed by atoms with Gasteiger partial charge in [-0.1, -0.05) is 36.4 Å². The second kappa shape index (κ2) is 6.81. The Labute approximate surface area is 149 Å². The summed E-state index contributed by atoms with van der Waals surface area (Å²) in [5.41, 5.74) is 3.70. The summed E-state index contributed by atoms with van der Waals surface area (Å²) in [6, 6.07) is 15.0. The third-order valence-electron chi connectivity index (χ3n) is 4.09. The highest BCUT2D eigenvalue weighted by atomic mass is 16.3. The van der Waals surface area contributed by atoms with Crippen LogP contribution in [0.1, 0.15) is 17.2 Å². The Kier molecular flexibility index (Phi) is 4.20. The predicted octanol–water partition coefficient (Wildman–Crippen LogP) is 1.71. The minimum atomic E-state index is -0.689. The molecule has 0 bridgehead atoms. The van der Waals surface area contributed by atoms with Gasteiger partial charge in [0, 0.05) is 6.54 Å². The van der Waals surface area contributed by atoms with Crippen LogP contribution in [0.3, 0.4) is 0 Å². The second-order valence-corrected chi connectivity index (χ2v) is 5.93. The Morgan fingerprint density at radius 1 is 1.19 bits per heavy atom. The highest BCUT2D eigenvalue weighted by Gasteiger charge is 2.20. The Morgan fingerprint density at radius 3 is 2.88 bits per heavy atom. The van der Waals surface area contributed by atoms with Gasteiger partial charge in [-0.25, -0.2) is 9.98 Å². The van der Waals surface area contributed by atoms with Gasteiger partial charge in [-0.2, -0.15) is 0 Å². The van der Waals surface area contributed by atoms with E-state index in [1.54, 1.807) is 12.4 Å². The summed E-state index contributed by atoms with van der Waals surface area (Å²) < 4.78 is 0. The lowest BCUT2D eigenvalue weighted by Crippen LogP contribution is -2.38. The average Bonchev–Trinajstić information content (AvgIpc) is 3.27. The topological polar surface area (TPSA) is 102 Å². The lowest BCUT2D eigenvalue weighted by atomic mass is 10.1. The van der Waals surface area contributed by atoms with Crippen molar-refractivity contribution in [1.29, 1.82) is 0 Å². The first kappa shape index (κ1) is 16.0. The molecule has 7 heteroatoms. The minimum Gasteiger partial charge on any atom is -0.387 e. The van der Waals surface area contributed by atoms with Crippen molar-refractivity contribution in [2.24, 2.45) is 4.99 Å². The number of aromatic amines is 1. The summed E-state index contributed by atoms with van der Waals surface area (Å²) in [6.07, 6.45) is 2.64. The van der Waals surface area contributed by atoms with Gasteiger partial charge in [0.25, 0.3) is 5.91 Å². The number of aromatic nitrogens is 2. The first-order valence-electron chi connectivity index (χ1n) is 8.21. The number of H-pyrrole nitrogens is 1. The fraction of sp³-hybridized carbons (Fsp3) is 0.105. The van der Waals surface area contributed by atoms with Gasteiger partial charge >= 0.3 is 0 Å². The van der Waals surface area contributed by atoms with Crippen molar-refractivity contribution >= 4 is 29.0 Å². The summed E-state index contributed by atoms with van der Waals surface area (Å²) >= 11 is 0. The number of imidazole rings is 1. The number of fused-ring (bicyclic) bond motifs is 1. The molecule has 3 aromatic rings. The van der Waals surface area contributed by atoms with E-state index in [1.165, 1.54) is 0 Å². The highest BCUT2D eigenvalue weighted by molar-refractivity contribution is 6.13. The predicted molar refractivity (Wildman–Crippen MR) is 99.1 cm³/mol. The number of nitrogens with zero attached hydrogens (tertiary/aromatic N) is 2. The summed E-state index contributed by atoms with van der Waals surface area (Å²) in [7, 11) is 0. The van der Waals surface area contributed by atoms with Gasteiger partial charge in [-0.05, 0) is 29.3 Å². The van der Waals surface area contributed by atoms with E-state index in [1.807, 2.05) is 48.5 Å². The molecule has 1 atom stereocenters. The molecule has 4 rings (SSSR count). The first-order valence-corrected chi connectivity index (χ1v) is 8.21. The van der Waals surface area contributed by atoms with E-state index in [-0.39, 0.29) is 12.5 Å². The molecule has 130 valence electrons. The molecule has 26 heavy (non-hydrogen) atoms. The molecule has 2 aromatic carbocycles.